The molecule has 0 aromatic carbocycles. The number of aromatic nitrogens is 6. The summed E-state index contributed by atoms with van der Waals surface area (Å²) in [6.45, 7) is 4.27. The summed E-state index contributed by atoms with van der Waals surface area (Å²) in [6.07, 6.45) is 0. The van der Waals surface area contributed by atoms with E-state index in [1.807, 2.05) is 13.8 Å². The van der Waals surface area contributed by atoms with Gasteiger partial charge in [-0.2, -0.15) is 9.90 Å². The molecule has 0 saturated carbocycles. The van der Waals surface area contributed by atoms with E-state index in [2.05, 4.69) is 20.5 Å². The predicted molar refractivity (Wildman–Crippen MR) is 55.5 cm³/mol. The van der Waals surface area contributed by atoms with Crippen LogP contribution in [0.15, 0.2) is 0 Å². The molecule has 0 unspecified atom stereocenters. The van der Waals surface area contributed by atoms with Crippen LogP contribution >= 0.6 is 0 Å². The van der Waals surface area contributed by atoms with Crippen LogP contribution in [0.2, 0.25) is 0 Å². The molecule has 0 amide bonds. The monoisotopic (exact) mass is 222 g/mol. The zero-order chi connectivity index (χ0) is 11.7. The number of hydrogen-bond donors (Lipinski definition) is 1. The van der Waals surface area contributed by atoms with Gasteiger partial charge in [-0.15, -0.1) is 10.2 Å². The van der Waals surface area contributed by atoms with Gasteiger partial charge in [0.15, 0.2) is 5.82 Å². The van der Waals surface area contributed by atoms with Crippen molar-refractivity contribution < 1.29 is 5.11 Å². The van der Waals surface area contributed by atoms with Crippen LogP contribution in [0.1, 0.15) is 22.8 Å². The third-order valence-corrected chi connectivity index (χ3v) is 2.53. The zero-order valence-corrected chi connectivity index (χ0v) is 9.54. The van der Waals surface area contributed by atoms with Gasteiger partial charge in [0.25, 0.3) is 0 Å². The van der Waals surface area contributed by atoms with Crippen molar-refractivity contribution in [1.29, 1.82) is 0 Å². The van der Waals surface area contributed by atoms with Gasteiger partial charge in [0, 0.05) is 11.3 Å². The van der Waals surface area contributed by atoms with Crippen molar-refractivity contribution >= 4 is 0 Å². The summed E-state index contributed by atoms with van der Waals surface area (Å²) in [5, 5.41) is 25.2. The van der Waals surface area contributed by atoms with E-state index in [0.29, 0.717) is 12.4 Å². The normalized spacial score (nSPS) is 11.0. The van der Waals surface area contributed by atoms with Crippen LogP contribution < -0.4 is 0 Å². The standard InChI is InChI=1S/C9H14N6O/c1-6-8(5-16)7(2)15(11-6)4-9-10-13-14(3)12-9/h16H,4-5H2,1-3H3. The Morgan fingerprint density at radius 2 is 2.00 bits per heavy atom. The lowest BCUT2D eigenvalue weighted by Crippen LogP contribution is -2.06. The minimum absolute atomic E-state index is 0.00552. The van der Waals surface area contributed by atoms with Crippen LogP contribution in [0.25, 0.3) is 0 Å². The van der Waals surface area contributed by atoms with Crippen LogP contribution in [0.3, 0.4) is 0 Å². The number of aliphatic hydroxyl groups is 1. The van der Waals surface area contributed by atoms with Crippen LogP contribution in [-0.2, 0) is 20.2 Å². The van der Waals surface area contributed by atoms with Gasteiger partial charge in [0.05, 0.1) is 19.3 Å². The van der Waals surface area contributed by atoms with Gasteiger partial charge < -0.3 is 5.11 Å². The van der Waals surface area contributed by atoms with Crippen molar-refractivity contribution in [2.75, 3.05) is 0 Å². The highest BCUT2D eigenvalue weighted by Gasteiger charge is 2.12. The Morgan fingerprint density at radius 1 is 1.25 bits per heavy atom. The second kappa shape index (κ2) is 4.01. The maximum atomic E-state index is 9.18. The second-order valence-electron chi connectivity index (χ2n) is 3.66. The van der Waals surface area contributed by atoms with Gasteiger partial charge >= 0.3 is 0 Å². The highest BCUT2D eigenvalue weighted by molar-refractivity contribution is 5.23. The molecule has 2 aromatic heterocycles. The summed E-state index contributed by atoms with van der Waals surface area (Å²) < 4.78 is 1.78. The lowest BCUT2D eigenvalue weighted by atomic mass is 10.2. The van der Waals surface area contributed by atoms with Crippen molar-refractivity contribution in [3.8, 4) is 0 Å². The molecular weight excluding hydrogens is 208 g/mol. The van der Waals surface area contributed by atoms with E-state index in [-0.39, 0.29) is 6.61 Å². The van der Waals surface area contributed by atoms with E-state index in [9.17, 15) is 5.11 Å². The molecule has 1 N–H and O–H groups in total. The first-order chi connectivity index (χ1) is 7.61. The molecular formula is C9H14N6O. The summed E-state index contributed by atoms with van der Waals surface area (Å²) in [6, 6.07) is 0. The smallest absolute Gasteiger partial charge is 0.196 e. The van der Waals surface area contributed by atoms with E-state index in [0.717, 1.165) is 17.0 Å². The number of nitrogens with zero attached hydrogens (tertiary/aromatic N) is 6. The number of aliphatic hydroxyl groups excluding tert-OH is 1. The highest BCUT2D eigenvalue weighted by atomic mass is 16.3. The molecule has 0 aliphatic heterocycles. The van der Waals surface area contributed by atoms with E-state index in [4.69, 9.17) is 0 Å². The average molecular weight is 222 g/mol. The molecule has 2 rings (SSSR count). The fourth-order valence-electron chi connectivity index (χ4n) is 1.64. The molecule has 7 nitrogen and oxygen atoms in total. The number of tetrazole rings is 1. The Labute approximate surface area is 92.7 Å². The summed E-state index contributed by atoms with van der Waals surface area (Å²) in [5.74, 6) is 0.609. The van der Waals surface area contributed by atoms with Gasteiger partial charge in [-0.1, -0.05) is 0 Å². The SMILES string of the molecule is Cc1nn(Cc2nnn(C)n2)c(C)c1CO. The predicted octanol–water partition coefficient (Wildman–Crippen LogP) is -0.436. The Hall–Kier alpha value is -1.76. The molecule has 0 aliphatic rings. The maximum absolute atomic E-state index is 9.18. The van der Waals surface area contributed by atoms with Crippen molar-refractivity contribution in [2.45, 2.75) is 27.0 Å². The summed E-state index contributed by atoms with van der Waals surface area (Å²) >= 11 is 0. The Balaban J connectivity index is 2.28. The van der Waals surface area contributed by atoms with Gasteiger partial charge in [-0.3, -0.25) is 4.68 Å². The molecule has 2 heterocycles. The van der Waals surface area contributed by atoms with E-state index in [1.54, 1.807) is 11.7 Å². The van der Waals surface area contributed by atoms with E-state index < -0.39 is 0 Å². The molecule has 0 atom stereocenters. The molecule has 86 valence electrons. The van der Waals surface area contributed by atoms with Crippen molar-refractivity contribution in [2.24, 2.45) is 7.05 Å². The van der Waals surface area contributed by atoms with Crippen LogP contribution in [0.4, 0.5) is 0 Å². The minimum Gasteiger partial charge on any atom is -0.392 e. The quantitative estimate of drug-likeness (QED) is 0.761. The Bertz CT molecular complexity index is 500. The lowest BCUT2D eigenvalue weighted by Gasteiger charge is -2.00. The van der Waals surface area contributed by atoms with E-state index >= 15 is 0 Å². The van der Waals surface area contributed by atoms with Gasteiger partial charge in [0.1, 0.15) is 6.54 Å². The largest absolute Gasteiger partial charge is 0.392 e. The van der Waals surface area contributed by atoms with Crippen LogP contribution in [0.5, 0.6) is 0 Å². The molecule has 0 radical (unpaired) electrons. The molecule has 0 fully saturated rings. The maximum Gasteiger partial charge on any atom is 0.196 e. The molecule has 0 saturated heterocycles. The fourth-order valence-corrected chi connectivity index (χ4v) is 1.64. The summed E-state index contributed by atoms with van der Waals surface area (Å²) in [5.41, 5.74) is 2.64. The third kappa shape index (κ3) is 1.81. The van der Waals surface area contributed by atoms with E-state index in [1.165, 1.54) is 4.80 Å². The summed E-state index contributed by atoms with van der Waals surface area (Å²) in [4.78, 5) is 1.41. The molecule has 0 spiro atoms. The Kier molecular flexibility index (Phi) is 2.69. The molecule has 2 aromatic rings. The third-order valence-electron chi connectivity index (χ3n) is 2.53. The molecule has 16 heavy (non-hydrogen) atoms. The first kappa shape index (κ1) is 10.7. The Morgan fingerprint density at radius 3 is 2.50 bits per heavy atom. The topological polar surface area (TPSA) is 81.7 Å². The minimum atomic E-state index is 0.00552. The molecule has 7 heteroatoms. The van der Waals surface area contributed by atoms with Gasteiger partial charge in [-0.05, 0) is 19.1 Å². The first-order valence-corrected chi connectivity index (χ1v) is 4.98. The number of rotatable bonds is 3. The number of hydrogen-bond acceptors (Lipinski definition) is 5. The van der Waals surface area contributed by atoms with Crippen LogP contribution in [0, 0.1) is 13.8 Å². The van der Waals surface area contributed by atoms with Crippen molar-refractivity contribution in [1.82, 2.24) is 30.0 Å². The average Bonchev–Trinajstić information content (AvgIpc) is 2.74. The molecule has 0 aliphatic carbocycles. The van der Waals surface area contributed by atoms with Crippen LogP contribution in [-0.4, -0.2) is 35.1 Å². The highest BCUT2D eigenvalue weighted by Crippen LogP contribution is 2.13. The van der Waals surface area contributed by atoms with Crippen molar-refractivity contribution in [3.05, 3.63) is 22.8 Å². The summed E-state index contributed by atoms with van der Waals surface area (Å²) in [7, 11) is 1.72. The van der Waals surface area contributed by atoms with Gasteiger partial charge in [-0.25, -0.2) is 0 Å². The second-order valence-corrected chi connectivity index (χ2v) is 3.66. The van der Waals surface area contributed by atoms with Gasteiger partial charge in [0.2, 0.25) is 0 Å². The first-order valence-electron chi connectivity index (χ1n) is 4.98. The fraction of sp³-hybridized carbons (Fsp3) is 0.556. The number of aryl methyl sites for hydroxylation is 2. The van der Waals surface area contributed by atoms with Crippen molar-refractivity contribution in [3.63, 3.8) is 0 Å². The zero-order valence-electron chi connectivity index (χ0n) is 9.54. The molecule has 0 bridgehead atoms. The lowest BCUT2D eigenvalue weighted by molar-refractivity contribution is 0.280.